The van der Waals surface area contributed by atoms with Crippen molar-refractivity contribution in [3.63, 3.8) is 0 Å². The van der Waals surface area contributed by atoms with Gasteiger partial charge < -0.3 is 10.2 Å². The van der Waals surface area contributed by atoms with Crippen LogP contribution in [-0.4, -0.2) is 29.0 Å². The van der Waals surface area contributed by atoms with E-state index in [1.165, 1.54) is 6.07 Å². The predicted molar refractivity (Wildman–Crippen MR) is 101 cm³/mol. The molecule has 26 heavy (non-hydrogen) atoms. The molecule has 1 amide bonds. The molecule has 5 nitrogen and oxygen atoms in total. The number of anilines is 2. The molecular formula is C19H22ClFN4O. The summed E-state index contributed by atoms with van der Waals surface area (Å²) in [6.07, 6.45) is 6.31. The summed E-state index contributed by atoms with van der Waals surface area (Å²) in [7, 11) is 0. The molecular weight excluding hydrogens is 355 g/mol. The van der Waals surface area contributed by atoms with Crippen LogP contribution in [0.3, 0.4) is 0 Å². The molecule has 0 saturated carbocycles. The van der Waals surface area contributed by atoms with E-state index in [2.05, 4.69) is 27.1 Å². The minimum Gasteiger partial charge on any atom is -0.341 e. The Morgan fingerprint density at radius 3 is 2.65 bits per heavy atom. The van der Waals surface area contributed by atoms with Gasteiger partial charge in [-0.2, -0.15) is 0 Å². The van der Waals surface area contributed by atoms with E-state index >= 15 is 0 Å². The van der Waals surface area contributed by atoms with Gasteiger partial charge in [0.05, 0.1) is 23.1 Å². The Bertz CT molecular complexity index is 761. The fraction of sp³-hybridized carbons (Fsp3) is 0.421. The summed E-state index contributed by atoms with van der Waals surface area (Å²) < 4.78 is 13.1. The maximum atomic E-state index is 13.1. The molecule has 1 fully saturated rings. The number of piperidine rings is 1. The molecule has 0 bridgehead atoms. The molecule has 1 aliphatic rings. The lowest BCUT2D eigenvalue weighted by Crippen LogP contribution is -2.34. The number of amides is 1. The lowest BCUT2D eigenvalue weighted by Gasteiger charge is -2.30. The van der Waals surface area contributed by atoms with Gasteiger partial charge in [0.2, 0.25) is 11.9 Å². The molecule has 0 spiro atoms. The lowest BCUT2D eigenvalue weighted by molar-refractivity contribution is -0.116. The van der Waals surface area contributed by atoms with Crippen LogP contribution in [0.15, 0.2) is 30.6 Å². The number of nitrogens with zero attached hydrogens (tertiary/aromatic N) is 3. The second-order valence-electron chi connectivity index (χ2n) is 6.74. The van der Waals surface area contributed by atoms with Crippen molar-refractivity contribution >= 4 is 29.1 Å². The Morgan fingerprint density at radius 2 is 2.00 bits per heavy atom. The zero-order valence-corrected chi connectivity index (χ0v) is 15.5. The molecule has 0 aliphatic carbocycles. The quantitative estimate of drug-likeness (QED) is 0.854. The molecule has 1 aliphatic heterocycles. The summed E-state index contributed by atoms with van der Waals surface area (Å²) in [5.41, 5.74) is 1.39. The van der Waals surface area contributed by atoms with Gasteiger partial charge in [0.1, 0.15) is 5.82 Å². The van der Waals surface area contributed by atoms with Crippen LogP contribution in [0.1, 0.15) is 31.7 Å². The second-order valence-corrected chi connectivity index (χ2v) is 7.15. The van der Waals surface area contributed by atoms with E-state index in [-0.39, 0.29) is 17.4 Å². The number of halogens is 2. The topological polar surface area (TPSA) is 58.1 Å². The summed E-state index contributed by atoms with van der Waals surface area (Å²) >= 11 is 5.75. The monoisotopic (exact) mass is 376 g/mol. The highest BCUT2D eigenvalue weighted by molar-refractivity contribution is 6.30. The number of benzene rings is 1. The lowest BCUT2D eigenvalue weighted by atomic mass is 10.00. The van der Waals surface area contributed by atoms with E-state index in [0.29, 0.717) is 18.1 Å². The fourth-order valence-corrected chi connectivity index (χ4v) is 3.14. The SMILES string of the molecule is CC1CCN(c2ncc(NC(=O)CCc3ccc(F)c(Cl)c3)cn2)CC1. The molecule has 0 unspecified atom stereocenters. The Labute approximate surface area is 157 Å². The number of aromatic nitrogens is 2. The largest absolute Gasteiger partial charge is 0.341 e. The number of rotatable bonds is 5. The maximum Gasteiger partial charge on any atom is 0.225 e. The van der Waals surface area contributed by atoms with Gasteiger partial charge in [-0.05, 0) is 42.9 Å². The summed E-state index contributed by atoms with van der Waals surface area (Å²) in [5.74, 6) is 0.852. The molecule has 1 aromatic heterocycles. The summed E-state index contributed by atoms with van der Waals surface area (Å²) in [5, 5.41) is 2.85. The molecule has 2 aromatic rings. The van der Waals surface area contributed by atoms with E-state index in [0.717, 1.165) is 37.4 Å². The first kappa shape index (κ1) is 18.6. The number of carbonyl (C=O) groups excluding carboxylic acids is 1. The summed E-state index contributed by atoms with van der Waals surface area (Å²) in [4.78, 5) is 23.0. The summed E-state index contributed by atoms with van der Waals surface area (Å²) in [6.45, 7) is 4.19. The Kier molecular flexibility index (Phi) is 6.04. The van der Waals surface area contributed by atoms with Gasteiger partial charge in [-0.25, -0.2) is 14.4 Å². The van der Waals surface area contributed by atoms with Gasteiger partial charge in [0, 0.05) is 19.5 Å². The molecule has 2 heterocycles. The van der Waals surface area contributed by atoms with Crippen LogP contribution in [0, 0.1) is 11.7 Å². The average Bonchev–Trinajstić information content (AvgIpc) is 2.64. The highest BCUT2D eigenvalue weighted by atomic mass is 35.5. The first-order chi connectivity index (χ1) is 12.5. The third-order valence-corrected chi connectivity index (χ3v) is 4.90. The molecule has 1 saturated heterocycles. The zero-order valence-electron chi connectivity index (χ0n) is 14.7. The van der Waals surface area contributed by atoms with Crippen LogP contribution in [0.25, 0.3) is 0 Å². The van der Waals surface area contributed by atoms with Crippen LogP contribution < -0.4 is 10.2 Å². The summed E-state index contributed by atoms with van der Waals surface area (Å²) in [6, 6.07) is 4.48. The van der Waals surface area contributed by atoms with Gasteiger partial charge in [-0.3, -0.25) is 4.79 Å². The highest BCUT2D eigenvalue weighted by Crippen LogP contribution is 2.20. The number of hydrogen-bond acceptors (Lipinski definition) is 4. The van der Waals surface area contributed by atoms with Crippen molar-refractivity contribution < 1.29 is 9.18 Å². The van der Waals surface area contributed by atoms with Crippen molar-refractivity contribution in [3.8, 4) is 0 Å². The van der Waals surface area contributed by atoms with Crippen LogP contribution in [0.2, 0.25) is 5.02 Å². The van der Waals surface area contributed by atoms with Gasteiger partial charge >= 0.3 is 0 Å². The van der Waals surface area contributed by atoms with Crippen LogP contribution in [0.5, 0.6) is 0 Å². The van der Waals surface area contributed by atoms with E-state index < -0.39 is 5.82 Å². The molecule has 0 atom stereocenters. The second kappa shape index (κ2) is 8.45. The minimum atomic E-state index is -0.458. The molecule has 138 valence electrons. The van der Waals surface area contributed by atoms with Crippen molar-refractivity contribution in [3.05, 3.63) is 47.0 Å². The average molecular weight is 377 g/mol. The number of nitrogens with one attached hydrogen (secondary N) is 1. The molecule has 1 N–H and O–H groups in total. The molecule has 7 heteroatoms. The Hall–Kier alpha value is -2.21. The van der Waals surface area contributed by atoms with Gasteiger partial charge in [-0.1, -0.05) is 24.6 Å². The van der Waals surface area contributed by atoms with Crippen LogP contribution >= 0.6 is 11.6 Å². The van der Waals surface area contributed by atoms with E-state index in [9.17, 15) is 9.18 Å². The van der Waals surface area contributed by atoms with Crippen LogP contribution in [0.4, 0.5) is 16.0 Å². The predicted octanol–water partition coefficient (Wildman–Crippen LogP) is 4.08. The molecule has 3 rings (SSSR count). The van der Waals surface area contributed by atoms with Gasteiger partial charge in [0.15, 0.2) is 0 Å². The zero-order chi connectivity index (χ0) is 18.5. The van der Waals surface area contributed by atoms with Crippen molar-refractivity contribution in [1.29, 1.82) is 0 Å². The normalized spacial score (nSPS) is 15.1. The Balaban J connectivity index is 1.50. The molecule has 0 radical (unpaired) electrons. The first-order valence-electron chi connectivity index (χ1n) is 8.82. The van der Waals surface area contributed by atoms with E-state index in [1.54, 1.807) is 24.5 Å². The number of aryl methyl sites for hydroxylation is 1. The van der Waals surface area contributed by atoms with Gasteiger partial charge in [0.25, 0.3) is 0 Å². The first-order valence-corrected chi connectivity index (χ1v) is 9.20. The number of carbonyl (C=O) groups is 1. The maximum absolute atomic E-state index is 13.1. The highest BCUT2D eigenvalue weighted by Gasteiger charge is 2.17. The van der Waals surface area contributed by atoms with Gasteiger partial charge in [-0.15, -0.1) is 0 Å². The Morgan fingerprint density at radius 1 is 1.31 bits per heavy atom. The standard InChI is InChI=1S/C19H22ClFN4O/c1-13-6-8-25(9-7-13)19-22-11-15(12-23-19)24-18(26)5-3-14-2-4-17(21)16(20)10-14/h2,4,10-13H,3,5-9H2,1H3,(H,24,26). The van der Waals surface area contributed by atoms with Crippen molar-refractivity contribution in [2.24, 2.45) is 5.92 Å². The van der Waals surface area contributed by atoms with Crippen LogP contribution in [-0.2, 0) is 11.2 Å². The molecule has 1 aromatic carbocycles. The minimum absolute atomic E-state index is 0.0685. The van der Waals surface area contributed by atoms with Crippen molar-refractivity contribution in [2.45, 2.75) is 32.6 Å². The van der Waals surface area contributed by atoms with Crippen molar-refractivity contribution in [1.82, 2.24) is 9.97 Å². The van der Waals surface area contributed by atoms with E-state index in [4.69, 9.17) is 11.6 Å². The number of hydrogen-bond donors (Lipinski definition) is 1. The fourth-order valence-electron chi connectivity index (χ4n) is 2.93. The van der Waals surface area contributed by atoms with Crippen molar-refractivity contribution in [2.75, 3.05) is 23.3 Å². The smallest absolute Gasteiger partial charge is 0.225 e. The third kappa shape index (κ3) is 4.91. The van der Waals surface area contributed by atoms with E-state index in [1.807, 2.05) is 0 Å². The third-order valence-electron chi connectivity index (χ3n) is 4.61.